The van der Waals surface area contributed by atoms with Crippen molar-refractivity contribution in [3.63, 3.8) is 0 Å². The highest BCUT2D eigenvalue weighted by atomic mass is 32.2. The molecule has 0 fully saturated rings. The van der Waals surface area contributed by atoms with Crippen molar-refractivity contribution < 1.29 is 14.0 Å². The smallest absolute Gasteiger partial charge is 0.230 e. The average Bonchev–Trinajstić information content (AvgIpc) is 3.16. The number of thiazole rings is 1. The highest BCUT2D eigenvalue weighted by Gasteiger charge is 2.10. The van der Waals surface area contributed by atoms with E-state index in [0.29, 0.717) is 23.4 Å². The fourth-order valence-corrected chi connectivity index (χ4v) is 4.22. The molecular formula is C22H21FN2O2S2. The van der Waals surface area contributed by atoms with E-state index >= 15 is 0 Å². The minimum Gasteiger partial charge on any atom is -0.355 e. The molecule has 3 aromatic rings. The molecule has 0 atom stereocenters. The maximum absolute atomic E-state index is 14.0. The highest BCUT2D eigenvalue weighted by Crippen LogP contribution is 2.24. The SMILES string of the molecule is CC(=O)c1ccc(SCC(=O)NCCc2csc(-c3ccc(C)cc3)n2)c(F)c1. The Morgan fingerprint density at radius 3 is 2.62 bits per heavy atom. The Balaban J connectivity index is 1.44. The van der Waals surface area contributed by atoms with E-state index in [-0.39, 0.29) is 17.4 Å². The van der Waals surface area contributed by atoms with Gasteiger partial charge in [0.15, 0.2) is 5.78 Å². The molecule has 7 heteroatoms. The third-order valence-corrected chi connectivity index (χ3v) is 6.24. The number of Topliss-reactive ketones (excluding diaryl/α,β-unsaturated/α-hetero) is 1. The Kier molecular flexibility index (Phi) is 7.17. The first-order chi connectivity index (χ1) is 13.9. The summed E-state index contributed by atoms with van der Waals surface area (Å²) in [6.07, 6.45) is 0.639. The molecule has 1 heterocycles. The van der Waals surface area contributed by atoms with Gasteiger partial charge in [0.1, 0.15) is 10.8 Å². The second kappa shape index (κ2) is 9.80. The molecule has 0 saturated heterocycles. The van der Waals surface area contributed by atoms with Gasteiger partial charge >= 0.3 is 0 Å². The van der Waals surface area contributed by atoms with Gasteiger partial charge < -0.3 is 5.32 Å². The zero-order chi connectivity index (χ0) is 20.8. The van der Waals surface area contributed by atoms with Gasteiger partial charge in [-0.05, 0) is 26.0 Å². The van der Waals surface area contributed by atoms with E-state index in [1.807, 2.05) is 12.3 Å². The lowest BCUT2D eigenvalue weighted by molar-refractivity contribution is -0.118. The minimum atomic E-state index is -0.485. The van der Waals surface area contributed by atoms with Crippen LogP contribution < -0.4 is 5.32 Å². The van der Waals surface area contributed by atoms with Gasteiger partial charge in [0.2, 0.25) is 5.91 Å². The molecule has 29 heavy (non-hydrogen) atoms. The molecule has 0 unspecified atom stereocenters. The first-order valence-electron chi connectivity index (χ1n) is 9.14. The van der Waals surface area contributed by atoms with E-state index in [4.69, 9.17) is 0 Å². The van der Waals surface area contributed by atoms with Crippen LogP contribution in [-0.4, -0.2) is 29.0 Å². The number of nitrogens with zero attached hydrogens (tertiary/aromatic N) is 1. The second-order valence-electron chi connectivity index (χ2n) is 6.60. The van der Waals surface area contributed by atoms with Crippen LogP contribution in [0.15, 0.2) is 52.7 Å². The molecule has 0 radical (unpaired) electrons. The summed E-state index contributed by atoms with van der Waals surface area (Å²) in [5, 5.41) is 5.80. The minimum absolute atomic E-state index is 0.113. The van der Waals surface area contributed by atoms with Gasteiger partial charge in [0.25, 0.3) is 0 Å². The van der Waals surface area contributed by atoms with Crippen molar-refractivity contribution in [2.75, 3.05) is 12.3 Å². The molecule has 0 aliphatic carbocycles. The third kappa shape index (κ3) is 5.98. The quantitative estimate of drug-likeness (QED) is 0.409. The van der Waals surface area contributed by atoms with Crippen molar-refractivity contribution in [2.45, 2.75) is 25.2 Å². The van der Waals surface area contributed by atoms with Crippen LogP contribution in [0.1, 0.15) is 28.5 Å². The molecule has 2 aromatic carbocycles. The molecule has 0 bridgehead atoms. The second-order valence-corrected chi connectivity index (χ2v) is 8.48. The van der Waals surface area contributed by atoms with Gasteiger partial charge in [-0.25, -0.2) is 9.37 Å². The summed E-state index contributed by atoms with van der Waals surface area (Å²) < 4.78 is 14.0. The number of benzene rings is 2. The summed E-state index contributed by atoms with van der Waals surface area (Å²) in [4.78, 5) is 28.3. The standard InChI is InChI=1S/C22H21FN2O2S2/c1-14-3-5-16(6-4-14)22-25-18(12-29-22)9-10-24-21(27)13-28-20-8-7-17(15(2)26)11-19(20)23/h3-8,11-12H,9-10,13H2,1-2H3,(H,24,27). The molecule has 1 aromatic heterocycles. The predicted molar refractivity (Wildman–Crippen MR) is 116 cm³/mol. The number of hydrogen-bond acceptors (Lipinski definition) is 5. The van der Waals surface area contributed by atoms with Gasteiger partial charge in [-0.3, -0.25) is 9.59 Å². The van der Waals surface area contributed by atoms with E-state index in [0.717, 1.165) is 28.0 Å². The van der Waals surface area contributed by atoms with Crippen molar-refractivity contribution in [1.82, 2.24) is 10.3 Å². The molecule has 3 rings (SSSR count). The summed E-state index contributed by atoms with van der Waals surface area (Å²) in [5.41, 5.74) is 3.56. The summed E-state index contributed by atoms with van der Waals surface area (Å²) in [6, 6.07) is 12.5. The van der Waals surface area contributed by atoms with Crippen LogP contribution in [-0.2, 0) is 11.2 Å². The largest absolute Gasteiger partial charge is 0.355 e. The molecule has 0 spiro atoms. The molecular weight excluding hydrogens is 407 g/mol. The van der Waals surface area contributed by atoms with Gasteiger partial charge in [-0.2, -0.15) is 0 Å². The molecule has 0 aliphatic heterocycles. The van der Waals surface area contributed by atoms with E-state index < -0.39 is 5.82 Å². The molecule has 1 amide bonds. The summed E-state index contributed by atoms with van der Waals surface area (Å²) in [7, 11) is 0. The lowest BCUT2D eigenvalue weighted by Crippen LogP contribution is -2.27. The van der Waals surface area contributed by atoms with Gasteiger partial charge in [-0.15, -0.1) is 23.1 Å². The topological polar surface area (TPSA) is 59.1 Å². The number of rotatable bonds is 8. The lowest BCUT2D eigenvalue weighted by Gasteiger charge is -2.06. The maximum Gasteiger partial charge on any atom is 0.230 e. The monoisotopic (exact) mass is 428 g/mol. The van der Waals surface area contributed by atoms with E-state index in [1.54, 1.807) is 17.4 Å². The van der Waals surface area contributed by atoms with Crippen LogP contribution in [0, 0.1) is 12.7 Å². The van der Waals surface area contributed by atoms with Crippen molar-refractivity contribution in [2.24, 2.45) is 0 Å². The Hall–Kier alpha value is -2.51. The number of thioether (sulfide) groups is 1. The maximum atomic E-state index is 14.0. The number of carbonyl (C=O) groups is 2. The number of aromatic nitrogens is 1. The average molecular weight is 429 g/mol. The normalized spacial score (nSPS) is 10.7. The Morgan fingerprint density at radius 1 is 1.17 bits per heavy atom. The van der Waals surface area contributed by atoms with Crippen molar-refractivity contribution in [1.29, 1.82) is 0 Å². The zero-order valence-electron chi connectivity index (χ0n) is 16.2. The Labute approximate surface area is 177 Å². The van der Waals surface area contributed by atoms with Crippen LogP contribution in [0.5, 0.6) is 0 Å². The summed E-state index contributed by atoms with van der Waals surface area (Å²) in [5.74, 6) is -0.728. The number of nitrogens with one attached hydrogen (secondary N) is 1. The summed E-state index contributed by atoms with van der Waals surface area (Å²) in [6.45, 7) is 3.91. The zero-order valence-corrected chi connectivity index (χ0v) is 17.8. The summed E-state index contributed by atoms with van der Waals surface area (Å²) >= 11 is 2.70. The molecule has 0 saturated carbocycles. The van der Waals surface area contributed by atoms with Crippen molar-refractivity contribution in [3.05, 3.63) is 70.5 Å². The fraction of sp³-hybridized carbons (Fsp3) is 0.227. The van der Waals surface area contributed by atoms with Crippen molar-refractivity contribution >= 4 is 34.8 Å². The predicted octanol–water partition coefficient (Wildman–Crippen LogP) is 4.91. The van der Waals surface area contributed by atoms with Crippen LogP contribution in [0.4, 0.5) is 4.39 Å². The first kappa shape index (κ1) is 21.2. The number of amides is 1. The number of halogens is 1. The molecule has 0 aliphatic rings. The number of carbonyl (C=O) groups excluding carboxylic acids is 2. The van der Waals surface area contributed by atoms with Crippen molar-refractivity contribution in [3.8, 4) is 10.6 Å². The Bertz CT molecular complexity index is 1020. The molecule has 1 N–H and O–H groups in total. The lowest BCUT2D eigenvalue weighted by atomic mass is 10.1. The van der Waals surface area contributed by atoms with Crippen LogP contribution >= 0.6 is 23.1 Å². The van der Waals surface area contributed by atoms with Gasteiger partial charge in [-0.1, -0.05) is 35.9 Å². The van der Waals surface area contributed by atoms with E-state index in [2.05, 4.69) is 34.6 Å². The Morgan fingerprint density at radius 2 is 1.93 bits per heavy atom. The van der Waals surface area contributed by atoms with Crippen LogP contribution in [0.25, 0.3) is 10.6 Å². The number of aryl methyl sites for hydroxylation is 1. The van der Waals surface area contributed by atoms with Gasteiger partial charge in [0.05, 0.1) is 11.4 Å². The molecule has 4 nitrogen and oxygen atoms in total. The van der Waals surface area contributed by atoms with E-state index in [9.17, 15) is 14.0 Å². The fourth-order valence-electron chi connectivity index (χ4n) is 2.61. The van der Waals surface area contributed by atoms with Crippen LogP contribution in [0.2, 0.25) is 0 Å². The first-order valence-corrected chi connectivity index (χ1v) is 11.0. The van der Waals surface area contributed by atoms with Gasteiger partial charge in [0, 0.05) is 34.4 Å². The number of hydrogen-bond donors (Lipinski definition) is 1. The van der Waals surface area contributed by atoms with Crippen LogP contribution in [0.3, 0.4) is 0 Å². The van der Waals surface area contributed by atoms with E-state index in [1.165, 1.54) is 24.6 Å². The highest BCUT2D eigenvalue weighted by molar-refractivity contribution is 8.00. The number of ketones is 1. The third-order valence-electron chi connectivity index (χ3n) is 4.25. The molecule has 150 valence electrons.